The summed E-state index contributed by atoms with van der Waals surface area (Å²) in [4.78, 5) is 21.2. The third kappa shape index (κ3) is 1.89. The maximum Gasteiger partial charge on any atom is 0.314 e. The van der Waals surface area contributed by atoms with E-state index in [2.05, 4.69) is 15.0 Å². The highest BCUT2D eigenvalue weighted by Gasteiger charge is 2.24. The Morgan fingerprint density at radius 2 is 1.86 bits per heavy atom. The molecule has 114 valence electrons. The fraction of sp³-hybridized carbons (Fsp3) is 0.0909. The summed E-state index contributed by atoms with van der Waals surface area (Å²) in [7, 11) is 0. The number of rotatable bonds is 1. The van der Waals surface area contributed by atoms with Gasteiger partial charge in [-0.2, -0.15) is 28.1 Å². The van der Waals surface area contributed by atoms with Crippen LogP contribution in [0.2, 0.25) is 0 Å². The van der Waals surface area contributed by atoms with Gasteiger partial charge in [-0.25, -0.2) is 4.57 Å². The first-order valence-corrected chi connectivity index (χ1v) is 6.52. The van der Waals surface area contributed by atoms with Gasteiger partial charge in [-0.05, 0) is 6.92 Å². The molecule has 0 amide bonds. The third-order valence-electron chi connectivity index (χ3n) is 2.90. The number of anilines is 1. The highest BCUT2D eigenvalue weighted by molar-refractivity contribution is 7.16. The highest BCUT2D eigenvalue weighted by Crippen LogP contribution is 2.29. The van der Waals surface area contributed by atoms with Crippen molar-refractivity contribution in [3.8, 4) is 11.6 Å². The molecule has 3 aromatic rings. The predicted octanol–water partition coefficient (Wildman–Crippen LogP) is 1.25. The summed E-state index contributed by atoms with van der Waals surface area (Å²) in [5, 5.41) is 9.66. The van der Waals surface area contributed by atoms with Crippen LogP contribution in [-0.4, -0.2) is 24.6 Å². The monoisotopic (exact) mass is 329 g/mol. The lowest BCUT2D eigenvalue weighted by Gasteiger charge is -2.09. The van der Waals surface area contributed by atoms with Crippen LogP contribution in [0.1, 0.15) is 5.56 Å². The van der Waals surface area contributed by atoms with E-state index in [0.29, 0.717) is 15.9 Å². The van der Waals surface area contributed by atoms with Crippen molar-refractivity contribution in [2.45, 2.75) is 6.92 Å². The quantitative estimate of drug-likeness (QED) is 0.651. The maximum atomic E-state index is 14.0. The first-order valence-electron chi connectivity index (χ1n) is 5.70. The zero-order chi connectivity index (χ0) is 16.2. The van der Waals surface area contributed by atoms with Crippen LogP contribution in [0.15, 0.2) is 4.79 Å². The van der Waals surface area contributed by atoms with Crippen LogP contribution in [-0.2, 0) is 0 Å². The minimum Gasteiger partial charge on any atom is -0.492 e. The molecule has 0 bridgehead atoms. The molecule has 0 unspecified atom stereocenters. The van der Waals surface area contributed by atoms with Crippen LogP contribution in [0.25, 0.3) is 16.0 Å². The highest BCUT2D eigenvalue weighted by atomic mass is 32.1. The molecule has 0 radical (unpaired) electrons. The summed E-state index contributed by atoms with van der Waals surface area (Å²) < 4.78 is 41.5. The minimum absolute atomic E-state index is 0.0874. The Morgan fingerprint density at radius 1 is 1.18 bits per heavy atom. The van der Waals surface area contributed by atoms with Gasteiger partial charge in [0.1, 0.15) is 4.70 Å². The Morgan fingerprint density at radius 3 is 2.55 bits per heavy atom. The van der Waals surface area contributed by atoms with Crippen molar-refractivity contribution in [2.24, 2.45) is 0 Å². The number of fused-ring (bicyclic) bond motifs is 1. The normalized spacial score (nSPS) is 11.3. The largest absolute Gasteiger partial charge is 0.492 e. The van der Waals surface area contributed by atoms with Gasteiger partial charge in [0.25, 0.3) is 5.95 Å². The molecule has 0 aliphatic rings. The molecule has 3 aromatic heterocycles. The lowest BCUT2D eigenvalue weighted by Crippen LogP contribution is -2.17. The third-order valence-corrected chi connectivity index (χ3v) is 3.83. The minimum atomic E-state index is -1.70. The van der Waals surface area contributed by atoms with Gasteiger partial charge in [0.05, 0.1) is 5.69 Å². The van der Waals surface area contributed by atoms with Crippen molar-refractivity contribution >= 4 is 27.6 Å². The standard InChI is InChI=1S/C11H6F3N5O2S/c1-2-4(3(12)7(14)16-6(2)13)19-8-5(22-11(19)21)9(20)18-10(15)17-8/h1H3,(H3,15,17,18,20). The van der Waals surface area contributed by atoms with Crippen molar-refractivity contribution in [1.82, 2.24) is 19.5 Å². The van der Waals surface area contributed by atoms with Gasteiger partial charge in [-0.1, -0.05) is 11.3 Å². The molecule has 3 rings (SSSR count). The zero-order valence-electron chi connectivity index (χ0n) is 10.8. The number of thiazole rings is 1. The molecule has 0 atom stereocenters. The Kier molecular flexibility index (Phi) is 3.02. The number of pyridine rings is 1. The lowest BCUT2D eigenvalue weighted by atomic mass is 10.2. The van der Waals surface area contributed by atoms with E-state index in [9.17, 15) is 23.1 Å². The number of hydrogen-bond donors (Lipinski definition) is 2. The number of nitrogens with zero attached hydrogens (tertiary/aromatic N) is 4. The SMILES string of the molecule is Cc1c(F)nc(F)c(F)c1-n1c(=O)sc2c(O)nc(N)nc21. The van der Waals surface area contributed by atoms with E-state index < -0.39 is 39.7 Å². The van der Waals surface area contributed by atoms with Crippen LogP contribution in [0.4, 0.5) is 19.1 Å². The van der Waals surface area contributed by atoms with Gasteiger partial charge in [-0.15, -0.1) is 0 Å². The van der Waals surface area contributed by atoms with Crippen molar-refractivity contribution in [2.75, 3.05) is 5.73 Å². The first kappa shape index (κ1) is 14.3. The summed E-state index contributed by atoms with van der Waals surface area (Å²) in [6.45, 7) is 1.13. The number of hydrogen-bond acceptors (Lipinski definition) is 7. The number of nitrogen functional groups attached to an aromatic ring is 1. The van der Waals surface area contributed by atoms with E-state index in [1.165, 1.54) is 0 Å². The molecule has 0 spiro atoms. The first-order chi connectivity index (χ1) is 10.3. The maximum absolute atomic E-state index is 14.0. The van der Waals surface area contributed by atoms with E-state index in [1.54, 1.807) is 0 Å². The molecular weight excluding hydrogens is 323 g/mol. The molecule has 0 aliphatic carbocycles. The summed E-state index contributed by atoms with van der Waals surface area (Å²) in [5.41, 5.74) is 4.04. The molecule has 7 nitrogen and oxygen atoms in total. The second-order valence-corrected chi connectivity index (χ2v) is 5.20. The molecule has 11 heteroatoms. The second kappa shape index (κ2) is 4.66. The molecule has 0 saturated heterocycles. The van der Waals surface area contributed by atoms with Gasteiger partial charge in [0.15, 0.2) is 5.65 Å². The number of nitrogens with two attached hydrogens (primary N) is 1. The van der Waals surface area contributed by atoms with Crippen LogP contribution in [0, 0.1) is 24.6 Å². The second-order valence-electron chi connectivity index (χ2n) is 4.24. The van der Waals surface area contributed by atoms with Gasteiger partial charge in [0, 0.05) is 5.56 Å². The average molecular weight is 329 g/mol. The van der Waals surface area contributed by atoms with E-state index in [0.717, 1.165) is 6.92 Å². The van der Waals surface area contributed by atoms with E-state index in [-0.39, 0.29) is 16.3 Å². The Bertz CT molecular complexity index is 958. The van der Waals surface area contributed by atoms with E-state index in [4.69, 9.17) is 5.73 Å². The molecule has 0 aliphatic heterocycles. The fourth-order valence-electron chi connectivity index (χ4n) is 1.95. The van der Waals surface area contributed by atoms with Gasteiger partial charge in [-0.3, -0.25) is 4.79 Å². The molecule has 0 fully saturated rings. The predicted molar refractivity (Wildman–Crippen MR) is 71.5 cm³/mol. The smallest absolute Gasteiger partial charge is 0.314 e. The molecule has 0 aromatic carbocycles. The van der Waals surface area contributed by atoms with Crippen molar-refractivity contribution < 1.29 is 18.3 Å². The van der Waals surface area contributed by atoms with Gasteiger partial charge < -0.3 is 10.8 Å². The van der Waals surface area contributed by atoms with Crippen molar-refractivity contribution in [3.05, 3.63) is 32.9 Å². The van der Waals surface area contributed by atoms with Crippen molar-refractivity contribution in [3.63, 3.8) is 0 Å². The summed E-state index contributed by atoms with van der Waals surface area (Å²) in [6, 6.07) is 0. The van der Waals surface area contributed by atoms with Crippen LogP contribution >= 0.6 is 11.3 Å². The van der Waals surface area contributed by atoms with Gasteiger partial charge >= 0.3 is 4.87 Å². The zero-order valence-corrected chi connectivity index (χ0v) is 11.6. The Labute approximate surface area is 123 Å². The number of halogens is 3. The molecule has 0 saturated carbocycles. The Balaban J connectivity index is 2.52. The molecule has 3 heterocycles. The van der Waals surface area contributed by atoms with Crippen LogP contribution < -0.4 is 10.6 Å². The fourth-order valence-corrected chi connectivity index (χ4v) is 2.76. The average Bonchev–Trinajstić information content (AvgIpc) is 2.75. The topological polar surface area (TPSA) is 107 Å². The molecule has 3 N–H and O–H groups in total. The summed E-state index contributed by atoms with van der Waals surface area (Å²) >= 11 is 0.483. The van der Waals surface area contributed by atoms with Gasteiger partial charge in [0.2, 0.25) is 23.6 Å². The molecule has 22 heavy (non-hydrogen) atoms. The summed E-state index contributed by atoms with van der Waals surface area (Å²) in [6.07, 6.45) is 0. The van der Waals surface area contributed by atoms with Crippen LogP contribution in [0.3, 0.4) is 0 Å². The van der Waals surface area contributed by atoms with Crippen LogP contribution in [0.5, 0.6) is 5.88 Å². The Hall–Kier alpha value is -2.69. The van der Waals surface area contributed by atoms with E-state index in [1.807, 2.05) is 0 Å². The number of aromatic nitrogens is 4. The summed E-state index contributed by atoms with van der Waals surface area (Å²) in [5.74, 6) is -5.46. The molecular formula is C11H6F3N5O2S. The van der Waals surface area contributed by atoms with Crippen molar-refractivity contribution in [1.29, 1.82) is 0 Å². The van der Waals surface area contributed by atoms with E-state index >= 15 is 0 Å². The lowest BCUT2D eigenvalue weighted by molar-refractivity contribution is 0.440. The number of aromatic hydroxyl groups is 1.